The van der Waals surface area contributed by atoms with Gasteiger partial charge in [0.2, 0.25) is 0 Å². The summed E-state index contributed by atoms with van der Waals surface area (Å²) in [6.07, 6.45) is 3.27. The van der Waals surface area contributed by atoms with Crippen LogP contribution in [0.3, 0.4) is 0 Å². The third kappa shape index (κ3) is 2.11. The Kier molecular flexibility index (Phi) is 2.72. The first-order valence-electron chi connectivity index (χ1n) is 4.98. The Hall–Kier alpha value is -2.10. The molecule has 0 spiro atoms. The molecule has 4 heteroatoms. The normalized spacial score (nSPS) is 10.1. The summed E-state index contributed by atoms with van der Waals surface area (Å²) in [5, 5.41) is 0. The van der Waals surface area contributed by atoms with Crippen LogP contribution in [0.15, 0.2) is 30.6 Å². The predicted molar refractivity (Wildman–Crippen MR) is 62.4 cm³/mol. The fourth-order valence-corrected chi connectivity index (χ4v) is 1.39. The first-order valence-corrected chi connectivity index (χ1v) is 4.98. The minimum atomic E-state index is 0.328. The Balaban J connectivity index is 2.32. The monoisotopic (exact) mass is 215 g/mol. The molecule has 0 atom stereocenters. The molecular weight excluding hydrogens is 202 g/mol. The quantitative estimate of drug-likeness (QED) is 0.782. The number of hydrogen-bond acceptors (Lipinski definition) is 4. The third-order valence-corrected chi connectivity index (χ3v) is 2.31. The van der Waals surface area contributed by atoms with E-state index in [1.807, 2.05) is 19.9 Å². The molecule has 2 rings (SSSR count). The number of anilines is 1. The predicted octanol–water partition coefficient (Wildman–Crippen LogP) is 2.47. The summed E-state index contributed by atoms with van der Waals surface area (Å²) >= 11 is 0. The number of ether oxygens (including phenoxy) is 1. The lowest BCUT2D eigenvalue weighted by Gasteiger charge is -2.09. The SMILES string of the molecule is Cc1cc(C)c(Oc2ncccn2)cc1N. The van der Waals surface area contributed by atoms with Gasteiger partial charge in [-0.2, -0.15) is 0 Å². The molecule has 82 valence electrons. The van der Waals surface area contributed by atoms with Crippen molar-refractivity contribution in [1.29, 1.82) is 0 Å². The Morgan fingerprint density at radius 1 is 1.06 bits per heavy atom. The van der Waals surface area contributed by atoms with E-state index in [2.05, 4.69) is 9.97 Å². The van der Waals surface area contributed by atoms with Crippen molar-refractivity contribution in [3.05, 3.63) is 41.7 Å². The van der Waals surface area contributed by atoms with Crippen molar-refractivity contribution in [3.8, 4) is 11.8 Å². The van der Waals surface area contributed by atoms with Crippen molar-refractivity contribution >= 4 is 5.69 Å². The number of rotatable bonds is 2. The van der Waals surface area contributed by atoms with Gasteiger partial charge in [0.25, 0.3) is 0 Å². The van der Waals surface area contributed by atoms with Crippen molar-refractivity contribution in [1.82, 2.24) is 9.97 Å². The van der Waals surface area contributed by atoms with Gasteiger partial charge >= 0.3 is 6.01 Å². The van der Waals surface area contributed by atoms with Crippen molar-refractivity contribution in [2.45, 2.75) is 13.8 Å². The van der Waals surface area contributed by atoms with Crippen LogP contribution in [-0.4, -0.2) is 9.97 Å². The lowest BCUT2D eigenvalue weighted by molar-refractivity contribution is 0.439. The summed E-state index contributed by atoms with van der Waals surface area (Å²) < 4.78 is 5.54. The van der Waals surface area contributed by atoms with Crippen LogP contribution in [0.25, 0.3) is 0 Å². The topological polar surface area (TPSA) is 61.0 Å². The van der Waals surface area contributed by atoms with Crippen molar-refractivity contribution in [2.75, 3.05) is 5.73 Å². The van der Waals surface area contributed by atoms with Gasteiger partial charge in [0.15, 0.2) is 0 Å². The van der Waals surface area contributed by atoms with Gasteiger partial charge in [-0.25, -0.2) is 9.97 Å². The van der Waals surface area contributed by atoms with Gasteiger partial charge in [-0.1, -0.05) is 6.07 Å². The summed E-state index contributed by atoms with van der Waals surface area (Å²) in [5.41, 5.74) is 8.58. The minimum Gasteiger partial charge on any atom is -0.424 e. The molecule has 0 aliphatic heterocycles. The van der Waals surface area contributed by atoms with E-state index in [9.17, 15) is 0 Å². The summed E-state index contributed by atoms with van der Waals surface area (Å²) in [7, 11) is 0. The molecule has 1 aromatic heterocycles. The molecule has 4 nitrogen and oxygen atoms in total. The summed E-state index contributed by atoms with van der Waals surface area (Å²) in [4.78, 5) is 7.99. The highest BCUT2D eigenvalue weighted by Gasteiger charge is 2.05. The van der Waals surface area contributed by atoms with Crippen LogP contribution in [0.1, 0.15) is 11.1 Å². The fraction of sp³-hybridized carbons (Fsp3) is 0.167. The van der Waals surface area contributed by atoms with E-state index in [1.165, 1.54) is 0 Å². The second-order valence-corrected chi connectivity index (χ2v) is 3.61. The summed E-state index contributed by atoms with van der Waals surface area (Å²) in [6, 6.07) is 5.84. The number of nitrogens with two attached hydrogens (primary N) is 1. The molecular formula is C12H13N3O. The Bertz CT molecular complexity index is 497. The van der Waals surface area contributed by atoms with E-state index in [0.29, 0.717) is 17.4 Å². The molecule has 0 aliphatic rings. The zero-order valence-electron chi connectivity index (χ0n) is 9.27. The highest BCUT2D eigenvalue weighted by Crippen LogP contribution is 2.27. The molecule has 2 N–H and O–H groups in total. The average Bonchev–Trinajstić information content (AvgIpc) is 2.27. The van der Waals surface area contributed by atoms with Crippen LogP contribution in [0.4, 0.5) is 5.69 Å². The minimum absolute atomic E-state index is 0.328. The van der Waals surface area contributed by atoms with Gasteiger partial charge in [0.1, 0.15) is 5.75 Å². The van der Waals surface area contributed by atoms with Gasteiger partial charge in [0.05, 0.1) is 0 Å². The molecule has 0 radical (unpaired) electrons. The van der Waals surface area contributed by atoms with Crippen molar-refractivity contribution in [3.63, 3.8) is 0 Å². The molecule has 16 heavy (non-hydrogen) atoms. The zero-order chi connectivity index (χ0) is 11.5. The molecule has 2 aromatic rings. The Labute approximate surface area is 94.1 Å². The van der Waals surface area contributed by atoms with Crippen LogP contribution in [0.2, 0.25) is 0 Å². The molecule has 0 saturated carbocycles. The molecule has 1 aromatic carbocycles. The van der Waals surface area contributed by atoms with Gasteiger partial charge in [-0.05, 0) is 31.0 Å². The van der Waals surface area contributed by atoms with Crippen LogP contribution in [0, 0.1) is 13.8 Å². The average molecular weight is 215 g/mol. The molecule has 1 heterocycles. The van der Waals surface area contributed by atoms with Gasteiger partial charge in [-0.3, -0.25) is 0 Å². The first kappa shape index (κ1) is 10.4. The maximum Gasteiger partial charge on any atom is 0.321 e. The molecule has 0 saturated heterocycles. The van der Waals surface area contributed by atoms with Crippen molar-refractivity contribution in [2.24, 2.45) is 0 Å². The van der Waals surface area contributed by atoms with E-state index in [4.69, 9.17) is 10.5 Å². The molecule has 0 fully saturated rings. The number of hydrogen-bond donors (Lipinski definition) is 1. The lowest BCUT2D eigenvalue weighted by Crippen LogP contribution is -1.96. The molecule has 0 aliphatic carbocycles. The number of nitrogens with zero attached hydrogens (tertiary/aromatic N) is 2. The van der Waals surface area contributed by atoms with E-state index >= 15 is 0 Å². The second-order valence-electron chi connectivity index (χ2n) is 3.61. The van der Waals surface area contributed by atoms with Crippen LogP contribution in [-0.2, 0) is 0 Å². The number of benzene rings is 1. The number of aryl methyl sites for hydroxylation is 2. The standard InChI is InChI=1S/C12H13N3O/c1-8-6-9(2)11(7-10(8)13)16-12-14-4-3-5-15-12/h3-7H,13H2,1-2H3. The zero-order valence-corrected chi connectivity index (χ0v) is 9.27. The van der Waals surface area contributed by atoms with Crippen LogP contribution in [0.5, 0.6) is 11.8 Å². The van der Waals surface area contributed by atoms with Gasteiger partial charge in [-0.15, -0.1) is 0 Å². The first-order chi connectivity index (χ1) is 7.66. The Morgan fingerprint density at radius 3 is 2.44 bits per heavy atom. The lowest BCUT2D eigenvalue weighted by atomic mass is 10.1. The molecule has 0 unspecified atom stereocenters. The largest absolute Gasteiger partial charge is 0.424 e. The van der Waals surface area contributed by atoms with E-state index in [0.717, 1.165) is 11.1 Å². The van der Waals surface area contributed by atoms with E-state index in [-0.39, 0.29) is 0 Å². The van der Waals surface area contributed by atoms with Crippen LogP contribution < -0.4 is 10.5 Å². The smallest absolute Gasteiger partial charge is 0.321 e. The highest BCUT2D eigenvalue weighted by atomic mass is 16.5. The van der Waals surface area contributed by atoms with Crippen molar-refractivity contribution < 1.29 is 4.74 Å². The summed E-state index contributed by atoms with van der Waals surface area (Å²) in [6.45, 7) is 3.93. The molecule has 0 bridgehead atoms. The summed E-state index contributed by atoms with van der Waals surface area (Å²) in [5.74, 6) is 0.689. The fourth-order valence-electron chi connectivity index (χ4n) is 1.39. The number of nitrogen functional groups attached to an aromatic ring is 1. The van der Waals surface area contributed by atoms with Gasteiger partial charge in [0, 0.05) is 24.1 Å². The number of aromatic nitrogens is 2. The van der Waals surface area contributed by atoms with Gasteiger partial charge < -0.3 is 10.5 Å². The highest BCUT2D eigenvalue weighted by molar-refractivity contribution is 5.54. The van der Waals surface area contributed by atoms with E-state index < -0.39 is 0 Å². The maximum absolute atomic E-state index is 5.82. The maximum atomic E-state index is 5.82. The second kappa shape index (κ2) is 4.18. The van der Waals surface area contributed by atoms with Crippen LogP contribution >= 0.6 is 0 Å². The third-order valence-electron chi connectivity index (χ3n) is 2.31. The molecule has 0 amide bonds. The van der Waals surface area contributed by atoms with E-state index in [1.54, 1.807) is 24.5 Å². The Morgan fingerprint density at radius 2 is 1.75 bits per heavy atom.